The quantitative estimate of drug-likeness (QED) is 0.546. The van der Waals surface area contributed by atoms with Crippen molar-refractivity contribution >= 4 is 21.8 Å². The Morgan fingerprint density at radius 1 is 1.07 bits per heavy atom. The lowest BCUT2D eigenvalue weighted by molar-refractivity contribution is 0.0649. The normalized spacial score (nSPS) is 11.2. The molecule has 0 radical (unpaired) electrons. The molecule has 0 aliphatic carbocycles. The zero-order valence-corrected chi connectivity index (χ0v) is 16.7. The van der Waals surface area contributed by atoms with Gasteiger partial charge in [0.1, 0.15) is 9.84 Å². The van der Waals surface area contributed by atoms with Crippen LogP contribution in [0.25, 0.3) is 0 Å². The summed E-state index contributed by atoms with van der Waals surface area (Å²) >= 11 is 0. The first-order chi connectivity index (χ1) is 13.5. The van der Waals surface area contributed by atoms with E-state index < -0.39 is 32.9 Å². The number of hydrogen-bond acceptors (Lipinski definition) is 7. The number of aromatic nitrogens is 1. The largest absolute Gasteiger partial charge is 0.504 e. The Balaban J connectivity index is 2.41. The van der Waals surface area contributed by atoms with E-state index in [1.165, 1.54) is 13.2 Å². The average Bonchev–Trinajstić information content (AvgIpc) is 2.63. The molecule has 2 rings (SSSR count). The Morgan fingerprint density at radius 2 is 1.76 bits per heavy atom. The van der Waals surface area contributed by atoms with Gasteiger partial charge in [0.25, 0.3) is 0 Å². The molecule has 0 fully saturated rings. The van der Waals surface area contributed by atoms with Gasteiger partial charge >= 0.3 is 11.9 Å². The number of aryl methyl sites for hydroxylation is 3. The number of phenolic OH excluding ortho intramolecular Hbond substituents is 1. The second-order valence-electron chi connectivity index (χ2n) is 6.48. The van der Waals surface area contributed by atoms with Gasteiger partial charge < -0.3 is 20.1 Å². The van der Waals surface area contributed by atoms with E-state index in [0.29, 0.717) is 5.56 Å². The van der Waals surface area contributed by atoms with Crippen LogP contribution in [0.2, 0.25) is 0 Å². The van der Waals surface area contributed by atoms with E-state index in [0.717, 1.165) is 12.3 Å². The molecule has 0 atom stereocenters. The summed E-state index contributed by atoms with van der Waals surface area (Å²) in [5.41, 5.74) is 0.0170. The maximum Gasteiger partial charge on any atom is 0.338 e. The molecule has 10 heteroatoms. The predicted octanol–water partition coefficient (Wildman–Crippen LogP) is 1.56. The number of sulfone groups is 1. The highest BCUT2D eigenvalue weighted by Crippen LogP contribution is 2.27. The fourth-order valence-corrected chi connectivity index (χ4v) is 3.40. The molecular formula is C19H21NO8S. The Kier molecular flexibility index (Phi) is 6.80. The SMILES string of the molecule is COc1ccc(CCc2nc(CCS(C)(=O)=O)cc(C(=O)O)c2C(=O)O)cc1O. The summed E-state index contributed by atoms with van der Waals surface area (Å²) < 4.78 is 27.8. The lowest BCUT2D eigenvalue weighted by atomic mass is 9.99. The van der Waals surface area contributed by atoms with Crippen LogP contribution in [0.3, 0.4) is 0 Å². The van der Waals surface area contributed by atoms with Crippen LogP contribution in [0.15, 0.2) is 24.3 Å². The van der Waals surface area contributed by atoms with E-state index in [9.17, 15) is 33.3 Å². The number of nitrogens with zero attached hydrogens (tertiary/aromatic N) is 1. The van der Waals surface area contributed by atoms with Crippen LogP contribution in [0.1, 0.15) is 37.7 Å². The zero-order chi connectivity index (χ0) is 21.8. The van der Waals surface area contributed by atoms with Gasteiger partial charge in [-0.25, -0.2) is 18.0 Å². The molecule has 0 amide bonds. The number of carboxylic acids is 2. The van der Waals surface area contributed by atoms with Crippen LogP contribution in [-0.4, -0.2) is 59.8 Å². The maximum absolute atomic E-state index is 11.7. The summed E-state index contributed by atoms with van der Waals surface area (Å²) in [5.74, 6) is -2.90. The van der Waals surface area contributed by atoms with E-state index in [1.54, 1.807) is 12.1 Å². The van der Waals surface area contributed by atoms with Crippen LogP contribution in [0.5, 0.6) is 11.5 Å². The molecule has 1 aromatic carbocycles. The summed E-state index contributed by atoms with van der Waals surface area (Å²) in [7, 11) is -1.89. The highest BCUT2D eigenvalue weighted by atomic mass is 32.2. The summed E-state index contributed by atoms with van der Waals surface area (Å²) in [6.07, 6.45) is 1.38. The highest BCUT2D eigenvalue weighted by molar-refractivity contribution is 7.90. The number of carbonyl (C=O) groups is 2. The van der Waals surface area contributed by atoms with Crippen LogP contribution in [-0.2, 0) is 29.1 Å². The molecule has 29 heavy (non-hydrogen) atoms. The van der Waals surface area contributed by atoms with Gasteiger partial charge in [0.15, 0.2) is 11.5 Å². The van der Waals surface area contributed by atoms with Gasteiger partial charge in [-0.1, -0.05) is 6.07 Å². The van der Waals surface area contributed by atoms with E-state index in [4.69, 9.17) is 4.74 Å². The number of pyridine rings is 1. The lowest BCUT2D eigenvalue weighted by Crippen LogP contribution is -2.17. The number of phenols is 1. The number of benzene rings is 1. The molecule has 156 valence electrons. The third-order valence-corrected chi connectivity index (χ3v) is 5.16. The zero-order valence-electron chi connectivity index (χ0n) is 15.9. The van der Waals surface area contributed by atoms with Gasteiger partial charge in [0.2, 0.25) is 0 Å². The number of methoxy groups -OCH3 is 1. The second-order valence-corrected chi connectivity index (χ2v) is 8.74. The van der Waals surface area contributed by atoms with Crippen molar-refractivity contribution in [3.05, 3.63) is 52.3 Å². The Bertz CT molecular complexity index is 1050. The average molecular weight is 423 g/mol. The fraction of sp³-hybridized carbons (Fsp3) is 0.316. The van der Waals surface area contributed by atoms with E-state index in [-0.39, 0.29) is 47.9 Å². The monoisotopic (exact) mass is 423 g/mol. The number of hydrogen-bond donors (Lipinski definition) is 3. The van der Waals surface area contributed by atoms with Gasteiger partial charge in [-0.3, -0.25) is 4.98 Å². The predicted molar refractivity (Wildman–Crippen MR) is 104 cm³/mol. The second kappa shape index (κ2) is 8.91. The van der Waals surface area contributed by atoms with Crippen LogP contribution in [0, 0.1) is 0 Å². The van der Waals surface area contributed by atoms with Crippen molar-refractivity contribution in [1.82, 2.24) is 4.98 Å². The van der Waals surface area contributed by atoms with Gasteiger partial charge in [-0.05, 0) is 36.6 Å². The third kappa shape index (κ3) is 5.92. The summed E-state index contributed by atoms with van der Waals surface area (Å²) in [6, 6.07) is 5.80. The van der Waals surface area contributed by atoms with E-state index in [2.05, 4.69) is 4.98 Å². The van der Waals surface area contributed by atoms with Gasteiger partial charge in [-0.15, -0.1) is 0 Å². The lowest BCUT2D eigenvalue weighted by Gasteiger charge is -2.12. The highest BCUT2D eigenvalue weighted by Gasteiger charge is 2.23. The molecular weight excluding hydrogens is 402 g/mol. The van der Waals surface area contributed by atoms with Gasteiger partial charge in [0.05, 0.1) is 29.7 Å². The van der Waals surface area contributed by atoms with Crippen molar-refractivity contribution in [1.29, 1.82) is 0 Å². The summed E-state index contributed by atoms with van der Waals surface area (Å²) in [4.78, 5) is 27.4. The molecule has 1 aromatic heterocycles. The molecule has 0 bridgehead atoms. The van der Waals surface area contributed by atoms with Crippen molar-refractivity contribution < 1.29 is 38.1 Å². The molecule has 0 saturated heterocycles. The van der Waals surface area contributed by atoms with Crippen molar-refractivity contribution in [2.24, 2.45) is 0 Å². The van der Waals surface area contributed by atoms with Crippen LogP contribution < -0.4 is 4.74 Å². The molecule has 1 heterocycles. The minimum absolute atomic E-state index is 0.0324. The van der Waals surface area contributed by atoms with Gasteiger partial charge in [-0.2, -0.15) is 0 Å². The van der Waals surface area contributed by atoms with E-state index in [1.807, 2.05) is 0 Å². The standard InChI is InChI=1S/C19H21NO8S/c1-28-16-6-4-11(9-15(16)21)3-5-14-17(19(24)25)13(18(22)23)10-12(20-14)7-8-29(2,26)27/h4,6,9-10,21H,3,5,7-8H2,1-2H3,(H,22,23)(H,24,25). The molecule has 0 saturated carbocycles. The maximum atomic E-state index is 11.7. The van der Waals surface area contributed by atoms with Crippen molar-refractivity contribution in [2.45, 2.75) is 19.3 Å². The first-order valence-corrected chi connectivity index (χ1v) is 10.6. The molecule has 9 nitrogen and oxygen atoms in total. The van der Waals surface area contributed by atoms with Crippen LogP contribution >= 0.6 is 0 Å². The summed E-state index contributed by atoms with van der Waals surface area (Å²) in [5, 5.41) is 28.8. The molecule has 0 unspecified atom stereocenters. The molecule has 0 aliphatic rings. The number of ether oxygens (including phenoxy) is 1. The Morgan fingerprint density at radius 3 is 2.28 bits per heavy atom. The van der Waals surface area contributed by atoms with Crippen molar-refractivity contribution in [3.63, 3.8) is 0 Å². The topological polar surface area (TPSA) is 151 Å². The summed E-state index contributed by atoms with van der Waals surface area (Å²) in [6.45, 7) is 0. The Labute approximate surface area is 167 Å². The number of rotatable bonds is 9. The number of aromatic carboxylic acids is 2. The van der Waals surface area contributed by atoms with Gasteiger partial charge in [0, 0.05) is 18.4 Å². The minimum atomic E-state index is -3.30. The van der Waals surface area contributed by atoms with Crippen molar-refractivity contribution in [2.75, 3.05) is 19.1 Å². The first kappa shape index (κ1) is 22.2. The molecule has 3 N–H and O–H groups in total. The number of carboxylic acid groups (broad SMARTS) is 2. The Hall–Kier alpha value is -3.14. The van der Waals surface area contributed by atoms with Crippen molar-refractivity contribution in [3.8, 4) is 11.5 Å². The minimum Gasteiger partial charge on any atom is -0.504 e. The smallest absolute Gasteiger partial charge is 0.338 e. The van der Waals surface area contributed by atoms with Crippen LogP contribution in [0.4, 0.5) is 0 Å². The fourth-order valence-electron chi connectivity index (χ4n) is 2.82. The molecule has 0 aliphatic heterocycles. The first-order valence-electron chi connectivity index (χ1n) is 8.54. The van der Waals surface area contributed by atoms with E-state index >= 15 is 0 Å². The third-order valence-electron chi connectivity index (χ3n) is 4.21. The number of aromatic hydroxyl groups is 1. The molecule has 2 aromatic rings. The molecule has 0 spiro atoms.